The quantitative estimate of drug-likeness (QED) is 0.298. The van der Waals surface area contributed by atoms with Gasteiger partial charge in [0.25, 0.3) is 5.91 Å². The average Bonchev–Trinajstić information content (AvgIpc) is 2.73. The second-order valence-electron chi connectivity index (χ2n) is 6.62. The molecule has 0 aromatic heterocycles. The Kier molecular flexibility index (Phi) is 9.65. The average molecular weight is 386 g/mol. The molecule has 0 aliphatic heterocycles. The number of carbonyl (C=O) groups is 1. The number of amides is 1. The van der Waals surface area contributed by atoms with Crippen LogP contribution in [-0.2, 0) is 11.2 Å². The van der Waals surface area contributed by atoms with E-state index in [9.17, 15) is 10.0 Å². The number of hydroxylamine groups is 2. The predicted octanol–water partition coefficient (Wildman–Crippen LogP) is 2.92. The van der Waals surface area contributed by atoms with Crippen LogP contribution in [0.5, 0.6) is 0 Å². The summed E-state index contributed by atoms with van der Waals surface area (Å²) >= 11 is 0. The molecule has 0 aliphatic carbocycles. The normalized spacial score (nSPS) is 11.0. The fourth-order valence-corrected chi connectivity index (χ4v) is 2.78. The van der Waals surface area contributed by atoms with Crippen LogP contribution in [0.1, 0.15) is 29.3 Å². The Hall–Kier alpha value is -2.25. The Morgan fingerprint density at radius 1 is 1.04 bits per heavy atom. The van der Waals surface area contributed by atoms with Gasteiger partial charge >= 0.3 is 0 Å². The number of benzene rings is 2. The topological polar surface area (TPSA) is 73.8 Å². The Bertz CT molecular complexity index is 702. The molecule has 152 valence electrons. The summed E-state index contributed by atoms with van der Waals surface area (Å²) in [6.45, 7) is 4.67. The van der Waals surface area contributed by atoms with E-state index >= 15 is 0 Å². The summed E-state index contributed by atoms with van der Waals surface area (Å²) in [6.07, 6.45) is 1.91. The van der Waals surface area contributed by atoms with Crippen molar-refractivity contribution in [3.63, 3.8) is 0 Å². The van der Waals surface area contributed by atoms with Gasteiger partial charge < -0.3 is 20.6 Å². The van der Waals surface area contributed by atoms with Crippen molar-refractivity contribution < 1.29 is 14.7 Å². The molecule has 2 aromatic rings. The first-order chi connectivity index (χ1) is 13.6. The van der Waals surface area contributed by atoms with Gasteiger partial charge in [-0.1, -0.05) is 43.3 Å². The molecule has 0 heterocycles. The van der Waals surface area contributed by atoms with Gasteiger partial charge in [0, 0.05) is 32.4 Å². The lowest BCUT2D eigenvalue weighted by Gasteiger charge is -2.16. The first-order valence-electron chi connectivity index (χ1n) is 9.75. The number of aryl methyl sites for hydroxylation is 1. The highest BCUT2D eigenvalue weighted by molar-refractivity contribution is 5.94. The first kappa shape index (κ1) is 22.0. The largest absolute Gasteiger partial charge is 0.385 e. The zero-order valence-electron chi connectivity index (χ0n) is 16.8. The molecule has 0 aliphatic rings. The maximum Gasteiger partial charge on any atom is 0.251 e. The monoisotopic (exact) mass is 385 g/mol. The van der Waals surface area contributed by atoms with E-state index in [0.29, 0.717) is 31.9 Å². The molecule has 0 bridgehead atoms. The molecule has 3 N–H and O–H groups in total. The second kappa shape index (κ2) is 12.3. The van der Waals surface area contributed by atoms with Gasteiger partial charge in [-0.2, -0.15) is 5.06 Å². The summed E-state index contributed by atoms with van der Waals surface area (Å²) in [4.78, 5) is 12.2. The van der Waals surface area contributed by atoms with E-state index < -0.39 is 0 Å². The second-order valence-corrected chi connectivity index (χ2v) is 6.62. The molecular formula is C22H31N3O3. The van der Waals surface area contributed by atoms with E-state index in [1.807, 2.05) is 24.3 Å². The van der Waals surface area contributed by atoms with E-state index in [-0.39, 0.29) is 5.91 Å². The molecule has 28 heavy (non-hydrogen) atoms. The molecule has 0 saturated heterocycles. The fraction of sp³-hybridized carbons (Fsp3) is 0.409. The molecule has 0 saturated carbocycles. The molecule has 0 unspecified atom stereocenters. The third kappa shape index (κ3) is 7.40. The maximum absolute atomic E-state index is 12.2. The van der Waals surface area contributed by atoms with Gasteiger partial charge in [-0.25, -0.2) is 0 Å². The van der Waals surface area contributed by atoms with Crippen molar-refractivity contribution in [1.82, 2.24) is 15.7 Å². The van der Waals surface area contributed by atoms with E-state index in [1.165, 1.54) is 5.56 Å². The number of nitrogens with one attached hydrogen (secondary N) is 2. The van der Waals surface area contributed by atoms with Gasteiger partial charge in [-0.15, -0.1) is 0 Å². The van der Waals surface area contributed by atoms with Crippen molar-refractivity contribution in [1.29, 1.82) is 0 Å². The molecule has 1 amide bonds. The summed E-state index contributed by atoms with van der Waals surface area (Å²) in [5.41, 5.74) is 4.14. The minimum atomic E-state index is -0.144. The van der Waals surface area contributed by atoms with E-state index in [2.05, 4.69) is 41.8 Å². The van der Waals surface area contributed by atoms with Gasteiger partial charge in [0.05, 0.1) is 6.67 Å². The number of carbonyl (C=O) groups excluding carboxylic acids is 1. The zero-order valence-corrected chi connectivity index (χ0v) is 16.8. The van der Waals surface area contributed by atoms with Crippen molar-refractivity contribution >= 4 is 5.91 Å². The van der Waals surface area contributed by atoms with Gasteiger partial charge in [0.15, 0.2) is 0 Å². The Labute approximate surface area is 167 Å². The van der Waals surface area contributed by atoms with Gasteiger partial charge in [-0.05, 0) is 48.2 Å². The first-order valence-corrected chi connectivity index (χ1v) is 9.75. The van der Waals surface area contributed by atoms with Crippen LogP contribution in [0, 0.1) is 0 Å². The molecule has 0 atom stereocenters. The summed E-state index contributed by atoms with van der Waals surface area (Å²) < 4.78 is 4.96. The van der Waals surface area contributed by atoms with Crippen LogP contribution >= 0.6 is 0 Å². The van der Waals surface area contributed by atoms with Crippen molar-refractivity contribution in [2.24, 2.45) is 0 Å². The Balaban J connectivity index is 1.73. The van der Waals surface area contributed by atoms with Crippen LogP contribution in [0.2, 0.25) is 0 Å². The Morgan fingerprint density at radius 3 is 2.29 bits per heavy atom. The highest BCUT2D eigenvalue weighted by Crippen LogP contribution is 2.20. The minimum Gasteiger partial charge on any atom is -0.385 e. The maximum atomic E-state index is 12.2. The lowest BCUT2D eigenvalue weighted by Crippen LogP contribution is -2.38. The molecule has 2 aromatic carbocycles. The van der Waals surface area contributed by atoms with Crippen molar-refractivity contribution in [3.05, 3.63) is 59.7 Å². The van der Waals surface area contributed by atoms with Crippen LogP contribution in [0.4, 0.5) is 0 Å². The van der Waals surface area contributed by atoms with Crippen molar-refractivity contribution in [3.8, 4) is 11.1 Å². The van der Waals surface area contributed by atoms with Crippen molar-refractivity contribution in [2.45, 2.75) is 19.8 Å². The number of nitrogens with zero attached hydrogens (tertiary/aromatic N) is 1. The third-order valence-electron chi connectivity index (χ3n) is 4.49. The third-order valence-corrected chi connectivity index (χ3v) is 4.49. The number of hydrogen-bond donors (Lipinski definition) is 3. The number of ether oxygens (including phenoxy) is 1. The van der Waals surface area contributed by atoms with Crippen LogP contribution in [-0.4, -0.2) is 56.2 Å². The van der Waals surface area contributed by atoms with Crippen LogP contribution in [0.3, 0.4) is 0 Å². The molecule has 0 fully saturated rings. The van der Waals surface area contributed by atoms with Crippen LogP contribution in [0.25, 0.3) is 11.1 Å². The molecule has 2 rings (SSSR count). The number of hydrogen-bond acceptors (Lipinski definition) is 5. The summed E-state index contributed by atoms with van der Waals surface area (Å²) in [5, 5.41) is 16.9. The Morgan fingerprint density at radius 2 is 1.68 bits per heavy atom. The molecule has 0 spiro atoms. The number of rotatable bonds is 12. The van der Waals surface area contributed by atoms with Gasteiger partial charge in [0.1, 0.15) is 0 Å². The molecule has 6 nitrogen and oxygen atoms in total. The zero-order chi connectivity index (χ0) is 20.2. The van der Waals surface area contributed by atoms with Crippen molar-refractivity contribution in [2.75, 3.05) is 40.0 Å². The smallest absolute Gasteiger partial charge is 0.251 e. The lowest BCUT2D eigenvalue weighted by molar-refractivity contribution is -0.0947. The van der Waals surface area contributed by atoms with Crippen LogP contribution < -0.4 is 10.6 Å². The van der Waals surface area contributed by atoms with E-state index in [1.54, 1.807) is 7.11 Å². The predicted molar refractivity (Wildman–Crippen MR) is 111 cm³/mol. The lowest BCUT2D eigenvalue weighted by atomic mass is 10.0. The van der Waals surface area contributed by atoms with Crippen LogP contribution in [0.15, 0.2) is 48.5 Å². The molecular weight excluding hydrogens is 354 g/mol. The molecule has 6 heteroatoms. The summed E-state index contributed by atoms with van der Waals surface area (Å²) in [5.74, 6) is -0.144. The van der Waals surface area contributed by atoms with Gasteiger partial charge in [-0.3, -0.25) is 4.79 Å². The highest BCUT2D eigenvalue weighted by Gasteiger charge is 2.07. The van der Waals surface area contributed by atoms with E-state index in [0.717, 1.165) is 35.6 Å². The summed E-state index contributed by atoms with van der Waals surface area (Å²) in [7, 11) is 1.66. The number of methoxy groups -OCH3 is 1. The fourth-order valence-electron chi connectivity index (χ4n) is 2.78. The standard InChI is InChI=1S/C22H31N3O3/c1-3-18-5-7-19(8-6-18)20-9-11-21(12-10-20)22(26)24-14-15-25(27)17-23-13-4-16-28-2/h5-12,23,27H,3-4,13-17H2,1-2H3,(H,24,26). The summed E-state index contributed by atoms with van der Waals surface area (Å²) in [6, 6.07) is 16.0. The molecule has 0 radical (unpaired) electrons. The SMILES string of the molecule is CCc1ccc(-c2ccc(C(=O)NCCN(O)CNCCCOC)cc2)cc1. The van der Waals surface area contributed by atoms with E-state index in [4.69, 9.17) is 4.74 Å². The van der Waals surface area contributed by atoms with Gasteiger partial charge in [0.2, 0.25) is 0 Å². The highest BCUT2D eigenvalue weighted by atomic mass is 16.5. The minimum absolute atomic E-state index is 0.144.